The quantitative estimate of drug-likeness (QED) is 0.526. The van der Waals surface area contributed by atoms with Gasteiger partial charge >= 0.3 is 0 Å². The first-order valence-corrected chi connectivity index (χ1v) is 10.8. The van der Waals surface area contributed by atoms with Crippen molar-refractivity contribution < 1.29 is 14.0 Å². The molecule has 1 aliphatic heterocycles. The van der Waals surface area contributed by atoms with E-state index in [2.05, 4.69) is 15.6 Å². The van der Waals surface area contributed by atoms with Crippen LogP contribution in [-0.2, 0) is 22.6 Å². The number of rotatable bonds is 10. The van der Waals surface area contributed by atoms with E-state index in [9.17, 15) is 9.59 Å². The van der Waals surface area contributed by atoms with Crippen molar-refractivity contribution in [2.24, 2.45) is 0 Å². The van der Waals surface area contributed by atoms with Crippen molar-refractivity contribution in [1.29, 1.82) is 0 Å². The molecule has 1 saturated heterocycles. The number of aromatic nitrogens is 2. The van der Waals surface area contributed by atoms with Crippen molar-refractivity contribution >= 4 is 11.8 Å². The Bertz CT molecular complexity index is 970. The first-order valence-electron chi connectivity index (χ1n) is 10.8. The number of carbonyl (C=O) groups is 2. The number of aryl methyl sites for hydroxylation is 1. The van der Waals surface area contributed by atoms with E-state index in [0.29, 0.717) is 32.1 Å². The number of amides is 2. The Kier molecular flexibility index (Phi) is 6.50. The van der Waals surface area contributed by atoms with Crippen LogP contribution in [0.5, 0.6) is 0 Å². The molecular formula is C24H28N4O3. The zero-order valence-corrected chi connectivity index (χ0v) is 17.5. The lowest BCUT2D eigenvalue weighted by Crippen LogP contribution is -2.44. The standard InChI is InChI=1S/C24H28N4O3/c29-22(8-11-24(12-9-23(30)27-24)17-20-7-4-16-31-20)26-21(19-5-2-1-3-6-19)10-14-28-15-13-25-18-28/h1-7,13,15-16,18,21H,8-12,14,17H2,(H,26,29)(H,27,30)/t21-,24-/m0/s1. The molecule has 0 spiro atoms. The van der Waals surface area contributed by atoms with E-state index in [1.807, 2.05) is 53.2 Å². The van der Waals surface area contributed by atoms with Crippen molar-refractivity contribution in [3.05, 3.63) is 78.8 Å². The molecule has 2 amide bonds. The fourth-order valence-electron chi connectivity index (χ4n) is 4.25. The van der Waals surface area contributed by atoms with Gasteiger partial charge in [-0.2, -0.15) is 0 Å². The van der Waals surface area contributed by atoms with Gasteiger partial charge in [-0.15, -0.1) is 0 Å². The molecule has 4 rings (SSSR count). The lowest BCUT2D eigenvalue weighted by molar-refractivity contribution is -0.123. The highest BCUT2D eigenvalue weighted by atomic mass is 16.3. The Hall–Kier alpha value is -3.35. The molecule has 0 bridgehead atoms. The van der Waals surface area contributed by atoms with Crippen LogP contribution in [0.25, 0.3) is 0 Å². The van der Waals surface area contributed by atoms with Gasteiger partial charge in [0.2, 0.25) is 11.8 Å². The highest BCUT2D eigenvalue weighted by Crippen LogP contribution is 2.30. The Morgan fingerprint density at radius 1 is 1.26 bits per heavy atom. The summed E-state index contributed by atoms with van der Waals surface area (Å²) >= 11 is 0. The molecule has 1 fully saturated rings. The lowest BCUT2D eigenvalue weighted by Gasteiger charge is -2.28. The third-order valence-corrected chi connectivity index (χ3v) is 5.93. The molecule has 0 unspecified atom stereocenters. The van der Waals surface area contributed by atoms with Crippen LogP contribution in [0.3, 0.4) is 0 Å². The maximum Gasteiger partial charge on any atom is 0.220 e. The van der Waals surface area contributed by atoms with E-state index in [4.69, 9.17) is 4.42 Å². The average molecular weight is 421 g/mol. The zero-order valence-electron chi connectivity index (χ0n) is 17.5. The van der Waals surface area contributed by atoms with E-state index in [1.54, 1.807) is 18.8 Å². The first kappa shape index (κ1) is 20.9. The number of hydrogen-bond acceptors (Lipinski definition) is 4. The minimum absolute atomic E-state index is 0.0144. The maximum atomic E-state index is 12.9. The molecule has 7 nitrogen and oxygen atoms in total. The van der Waals surface area contributed by atoms with Crippen molar-refractivity contribution in [2.45, 2.75) is 56.7 Å². The largest absolute Gasteiger partial charge is 0.469 e. The molecular weight excluding hydrogens is 392 g/mol. The minimum Gasteiger partial charge on any atom is -0.469 e. The van der Waals surface area contributed by atoms with Gasteiger partial charge in [0, 0.05) is 43.7 Å². The Labute approximate surface area is 181 Å². The van der Waals surface area contributed by atoms with Crippen LogP contribution in [0.15, 0.2) is 71.9 Å². The van der Waals surface area contributed by atoms with E-state index in [1.165, 1.54) is 0 Å². The van der Waals surface area contributed by atoms with Gasteiger partial charge in [0.05, 0.1) is 18.6 Å². The van der Waals surface area contributed by atoms with Crippen molar-refractivity contribution in [3.63, 3.8) is 0 Å². The summed E-state index contributed by atoms with van der Waals surface area (Å²) < 4.78 is 7.50. The highest BCUT2D eigenvalue weighted by molar-refractivity contribution is 5.80. The van der Waals surface area contributed by atoms with Crippen molar-refractivity contribution in [3.8, 4) is 0 Å². The molecule has 1 aliphatic rings. The second kappa shape index (κ2) is 9.64. The van der Waals surface area contributed by atoms with Gasteiger partial charge < -0.3 is 19.6 Å². The molecule has 2 N–H and O–H groups in total. The summed E-state index contributed by atoms with van der Waals surface area (Å²) in [6, 6.07) is 13.7. The molecule has 3 heterocycles. The Balaban J connectivity index is 1.38. The van der Waals surface area contributed by atoms with Gasteiger partial charge in [-0.3, -0.25) is 9.59 Å². The first-order chi connectivity index (χ1) is 15.1. The van der Waals surface area contributed by atoms with Gasteiger partial charge in [0.25, 0.3) is 0 Å². The van der Waals surface area contributed by atoms with E-state index >= 15 is 0 Å². The SMILES string of the molecule is O=C(CC[C@@]1(Cc2ccco2)CCC(=O)N1)N[C@@H](CCn1ccnc1)c1ccccc1. The Morgan fingerprint density at radius 3 is 2.81 bits per heavy atom. The van der Waals surface area contributed by atoms with Gasteiger partial charge in [-0.05, 0) is 37.0 Å². The van der Waals surface area contributed by atoms with E-state index in [0.717, 1.165) is 24.3 Å². The highest BCUT2D eigenvalue weighted by Gasteiger charge is 2.38. The van der Waals surface area contributed by atoms with Crippen LogP contribution in [0.4, 0.5) is 0 Å². The average Bonchev–Trinajstić information content (AvgIpc) is 3.54. The second-order valence-electron chi connectivity index (χ2n) is 8.20. The van der Waals surface area contributed by atoms with Crippen molar-refractivity contribution in [2.75, 3.05) is 0 Å². The fraction of sp³-hybridized carbons (Fsp3) is 0.375. The number of nitrogens with one attached hydrogen (secondary N) is 2. The van der Waals surface area contributed by atoms with Crippen molar-refractivity contribution in [1.82, 2.24) is 20.2 Å². The van der Waals surface area contributed by atoms with Gasteiger partial charge in [0.1, 0.15) is 5.76 Å². The number of imidazole rings is 1. The molecule has 162 valence electrons. The van der Waals surface area contributed by atoms with E-state index < -0.39 is 5.54 Å². The smallest absolute Gasteiger partial charge is 0.220 e. The minimum atomic E-state index is -0.425. The molecule has 0 aliphatic carbocycles. The Morgan fingerprint density at radius 2 is 2.13 bits per heavy atom. The number of nitrogens with zero attached hydrogens (tertiary/aromatic N) is 2. The van der Waals surface area contributed by atoms with Crippen LogP contribution in [-0.4, -0.2) is 26.9 Å². The molecule has 1 aromatic carbocycles. The predicted octanol–water partition coefficient (Wildman–Crippen LogP) is 3.40. The molecule has 3 aromatic rings. The van der Waals surface area contributed by atoms with Crippen LogP contribution >= 0.6 is 0 Å². The summed E-state index contributed by atoms with van der Waals surface area (Å²) in [6.07, 6.45) is 10.6. The molecule has 2 atom stereocenters. The van der Waals surface area contributed by atoms with Crippen LogP contribution in [0.1, 0.15) is 49.5 Å². The molecule has 2 aromatic heterocycles. The van der Waals surface area contributed by atoms with Crippen LogP contribution in [0, 0.1) is 0 Å². The second-order valence-corrected chi connectivity index (χ2v) is 8.20. The number of carbonyl (C=O) groups excluding carboxylic acids is 2. The number of furan rings is 1. The topological polar surface area (TPSA) is 89.2 Å². The number of hydrogen-bond donors (Lipinski definition) is 2. The third-order valence-electron chi connectivity index (χ3n) is 5.93. The fourth-order valence-corrected chi connectivity index (χ4v) is 4.25. The van der Waals surface area contributed by atoms with E-state index in [-0.39, 0.29) is 17.9 Å². The molecule has 31 heavy (non-hydrogen) atoms. The lowest BCUT2D eigenvalue weighted by atomic mass is 9.87. The van der Waals surface area contributed by atoms with Crippen LogP contribution < -0.4 is 10.6 Å². The summed E-state index contributed by atoms with van der Waals surface area (Å²) in [5.74, 6) is 0.846. The van der Waals surface area contributed by atoms with Gasteiger partial charge in [-0.1, -0.05) is 30.3 Å². The number of benzene rings is 1. The van der Waals surface area contributed by atoms with Gasteiger partial charge in [-0.25, -0.2) is 4.98 Å². The predicted molar refractivity (Wildman–Crippen MR) is 116 cm³/mol. The normalized spacial score (nSPS) is 19.2. The summed E-state index contributed by atoms with van der Waals surface area (Å²) in [5.41, 5.74) is 0.654. The summed E-state index contributed by atoms with van der Waals surface area (Å²) in [7, 11) is 0. The molecule has 0 radical (unpaired) electrons. The zero-order chi connectivity index (χ0) is 21.5. The third kappa shape index (κ3) is 5.63. The summed E-state index contributed by atoms with van der Waals surface area (Å²) in [6.45, 7) is 0.762. The van der Waals surface area contributed by atoms with Crippen LogP contribution in [0.2, 0.25) is 0 Å². The summed E-state index contributed by atoms with van der Waals surface area (Å²) in [5, 5.41) is 6.30. The molecule has 0 saturated carbocycles. The summed E-state index contributed by atoms with van der Waals surface area (Å²) in [4.78, 5) is 28.9. The van der Waals surface area contributed by atoms with Gasteiger partial charge in [0.15, 0.2) is 0 Å². The monoisotopic (exact) mass is 420 g/mol. The molecule has 7 heteroatoms. The maximum absolute atomic E-state index is 12.9.